The van der Waals surface area contributed by atoms with Gasteiger partial charge < -0.3 is 30.4 Å². The van der Waals surface area contributed by atoms with Gasteiger partial charge in [0.1, 0.15) is 18.5 Å². The third-order valence-corrected chi connectivity index (χ3v) is 5.58. The Hall–Kier alpha value is -3.03. The number of carbonyl (C=O) groups excluding carboxylic acids is 1. The fourth-order valence-corrected chi connectivity index (χ4v) is 4.02. The smallest absolute Gasteiger partial charge is 0.195 e. The minimum absolute atomic E-state index is 0.0300. The Morgan fingerprint density at radius 3 is 2.69 bits per heavy atom. The third kappa shape index (κ3) is 2.85. The van der Waals surface area contributed by atoms with Gasteiger partial charge in [-0.15, -0.1) is 0 Å². The van der Waals surface area contributed by atoms with Crippen LogP contribution >= 0.6 is 0 Å². The molecule has 0 aliphatic heterocycles. The van der Waals surface area contributed by atoms with Crippen molar-refractivity contribution in [1.82, 2.24) is 4.98 Å². The van der Waals surface area contributed by atoms with Crippen molar-refractivity contribution in [3.05, 3.63) is 52.7 Å². The summed E-state index contributed by atoms with van der Waals surface area (Å²) in [6.07, 6.45) is -0.959. The molecule has 0 fully saturated rings. The number of aliphatic hydroxyl groups is 2. The number of aromatic amines is 1. The number of nitrogens with one attached hydrogen (secondary N) is 1. The Morgan fingerprint density at radius 2 is 2.00 bits per heavy atom. The molecule has 1 aliphatic rings. The molecule has 1 atom stereocenters. The highest BCUT2D eigenvalue weighted by Crippen LogP contribution is 2.46. The van der Waals surface area contributed by atoms with E-state index in [1.807, 2.05) is 26.0 Å². The fraction of sp³-hybridized carbons (Fsp3) is 0.318. The van der Waals surface area contributed by atoms with Gasteiger partial charge in [0.05, 0.1) is 30.5 Å². The molecule has 29 heavy (non-hydrogen) atoms. The lowest BCUT2D eigenvalue weighted by Gasteiger charge is -2.32. The van der Waals surface area contributed by atoms with E-state index in [0.29, 0.717) is 33.8 Å². The van der Waals surface area contributed by atoms with Crippen molar-refractivity contribution in [2.75, 3.05) is 26.1 Å². The number of aromatic nitrogens is 1. The normalized spacial score (nSPS) is 15.7. The van der Waals surface area contributed by atoms with Crippen LogP contribution < -0.4 is 15.2 Å². The van der Waals surface area contributed by atoms with E-state index < -0.39 is 11.5 Å². The summed E-state index contributed by atoms with van der Waals surface area (Å²) in [5.41, 5.74) is 9.59. The summed E-state index contributed by atoms with van der Waals surface area (Å²) in [6.45, 7) is 3.67. The number of H-pyrrole nitrogens is 1. The SMILES string of the molecule is COc1c(N)ccc2c3c([nH]c12)C(C)(C)c1cc(OC[C@H](O)CO)ccc1C3=O. The van der Waals surface area contributed by atoms with Crippen LogP contribution in [0, 0.1) is 0 Å². The van der Waals surface area contributed by atoms with E-state index in [-0.39, 0.29) is 19.0 Å². The van der Waals surface area contributed by atoms with E-state index in [4.69, 9.17) is 20.3 Å². The fourth-order valence-electron chi connectivity index (χ4n) is 4.02. The van der Waals surface area contributed by atoms with Crippen molar-refractivity contribution in [3.8, 4) is 11.5 Å². The molecular weight excluding hydrogens is 372 g/mol. The van der Waals surface area contributed by atoms with Crippen LogP contribution in [-0.4, -0.2) is 47.4 Å². The highest BCUT2D eigenvalue weighted by molar-refractivity contribution is 6.21. The zero-order valence-corrected chi connectivity index (χ0v) is 16.6. The Labute approximate surface area is 168 Å². The summed E-state index contributed by atoms with van der Waals surface area (Å²) in [5, 5.41) is 19.3. The van der Waals surface area contributed by atoms with E-state index in [1.165, 1.54) is 0 Å². The molecule has 0 amide bonds. The van der Waals surface area contributed by atoms with Crippen LogP contribution in [0.4, 0.5) is 5.69 Å². The number of benzene rings is 2. The predicted octanol–water partition coefficient (Wildman–Crippen LogP) is 2.36. The number of fused-ring (bicyclic) bond motifs is 4. The Balaban J connectivity index is 1.86. The molecule has 2 aromatic carbocycles. The van der Waals surface area contributed by atoms with Crippen molar-refractivity contribution < 1.29 is 24.5 Å². The van der Waals surface area contributed by atoms with Gasteiger partial charge >= 0.3 is 0 Å². The molecule has 1 heterocycles. The number of nitrogens with two attached hydrogens (primary N) is 1. The van der Waals surface area contributed by atoms with Crippen LogP contribution in [0.2, 0.25) is 0 Å². The van der Waals surface area contributed by atoms with Crippen molar-refractivity contribution >= 4 is 22.4 Å². The molecule has 0 saturated carbocycles. The van der Waals surface area contributed by atoms with Gasteiger partial charge in [-0.3, -0.25) is 4.79 Å². The maximum absolute atomic E-state index is 13.4. The van der Waals surface area contributed by atoms with Gasteiger partial charge in [-0.05, 0) is 35.9 Å². The second kappa shape index (κ2) is 6.79. The highest BCUT2D eigenvalue weighted by Gasteiger charge is 2.40. The van der Waals surface area contributed by atoms with Crippen molar-refractivity contribution in [1.29, 1.82) is 0 Å². The van der Waals surface area contributed by atoms with Crippen LogP contribution in [0.25, 0.3) is 10.9 Å². The van der Waals surface area contributed by atoms with Crippen molar-refractivity contribution in [2.24, 2.45) is 0 Å². The molecule has 7 heteroatoms. The van der Waals surface area contributed by atoms with E-state index >= 15 is 0 Å². The van der Waals surface area contributed by atoms with Crippen LogP contribution in [0.3, 0.4) is 0 Å². The van der Waals surface area contributed by atoms with Crippen LogP contribution in [0.1, 0.15) is 41.0 Å². The summed E-state index contributed by atoms with van der Waals surface area (Å²) in [5.74, 6) is 0.972. The molecular formula is C22H24N2O5. The highest BCUT2D eigenvalue weighted by atomic mass is 16.5. The van der Waals surface area contributed by atoms with Crippen LogP contribution in [-0.2, 0) is 5.41 Å². The molecule has 0 spiro atoms. The summed E-state index contributed by atoms with van der Waals surface area (Å²) >= 11 is 0. The number of ether oxygens (including phenoxy) is 2. The van der Waals surface area contributed by atoms with Gasteiger partial charge in [-0.2, -0.15) is 0 Å². The van der Waals surface area contributed by atoms with E-state index in [9.17, 15) is 9.90 Å². The second-order valence-corrected chi connectivity index (χ2v) is 7.79. The predicted molar refractivity (Wildman–Crippen MR) is 110 cm³/mol. The van der Waals surface area contributed by atoms with Crippen molar-refractivity contribution in [3.63, 3.8) is 0 Å². The first kappa shape index (κ1) is 19.3. The van der Waals surface area contributed by atoms with E-state index in [2.05, 4.69) is 4.98 Å². The van der Waals surface area contributed by atoms with Gasteiger partial charge in [0, 0.05) is 22.1 Å². The second-order valence-electron chi connectivity index (χ2n) is 7.79. The van der Waals surface area contributed by atoms with Gasteiger partial charge in [0.15, 0.2) is 11.5 Å². The monoisotopic (exact) mass is 396 g/mol. The van der Waals surface area contributed by atoms with Crippen LogP contribution in [0.5, 0.6) is 11.5 Å². The molecule has 3 aromatic rings. The summed E-state index contributed by atoms with van der Waals surface area (Å²) in [7, 11) is 1.55. The molecule has 0 saturated heterocycles. The molecule has 152 valence electrons. The zero-order valence-electron chi connectivity index (χ0n) is 16.6. The average Bonchev–Trinajstić information content (AvgIpc) is 3.11. The van der Waals surface area contributed by atoms with Gasteiger partial charge in [-0.1, -0.05) is 13.8 Å². The maximum Gasteiger partial charge on any atom is 0.195 e. The van der Waals surface area contributed by atoms with E-state index in [0.717, 1.165) is 16.6 Å². The Kier molecular flexibility index (Phi) is 4.52. The average molecular weight is 396 g/mol. The Morgan fingerprint density at radius 1 is 1.24 bits per heavy atom. The number of nitrogen functional groups attached to an aromatic ring is 1. The summed E-state index contributed by atoms with van der Waals surface area (Å²) < 4.78 is 11.1. The van der Waals surface area contributed by atoms with Crippen LogP contribution in [0.15, 0.2) is 30.3 Å². The molecule has 0 unspecified atom stereocenters. The number of methoxy groups -OCH3 is 1. The Bertz CT molecular complexity index is 1120. The maximum atomic E-state index is 13.4. The quantitative estimate of drug-likeness (QED) is 0.492. The molecule has 7 nitrogen and oxygen atoms in total. The minimum Gasteiger partial charge on any atom is -0.492 e. The summed E-state index contributed by atoms with van der Waals surface area (Å²) in [4.78, 5) is 16.8. The molecule has 0 bridgehead atoms. The molecule has 4 rings (SSSR count). The first-order chi connectivity index (χ1) is 13.8. The number of hydrogen-bond acceptors (Lipinski definition) is 6. The van der Waals surface area contributed by atoms with E-state index in [1.54, 1.807) is 25.3 Å². The number of aliphatic hydroxyl groups excluding tert-OH is 2. The zero-order chi connectivity index (χ0) is 20.9. The van der Waals surface area contributed by atoms with Crippen molar-refractivity contribution in [2.45, 2.75) is 25.4 Å². The number of anilines is 1. The third-order valence-electron chi connectivity index (χ3n) is 5.58. The first-order valence-electron chi connectivity index (χ1n) is 9.39. The molecule has 1 aliphatic carbocycles. The number of carbonyl (C=O) groups is 1. The largest absolute Gasteiger partial charge is 0.492 e. The molecule has 5 N–H and O–H groups in total. The number of hydrogen-bond donors (Lipinski definition) is 4. The lowest BCUT2D eigenvalue weighted by molar-refractivity contribution is 0.0535. The standard InChI is InChI=1S/C22H24N2O5/c1-22(2)15-8-12(29-10-11(26)9-25)4-5-13(15)19(27)17-14-6-7-16(23)20(28-3)18(14)24-21(17)22/h4-8,11,24-26H,9-10,23H2,1-3H3/t11-/m1/s1. The molecule has 1 aromatic heterocycles. The molecule has 0 radical (unpaired) electrons. The van der Waals surface area contributed by atoms with Gasteiger partial charge in [0.2, 0.25) is 0 Å². The van der Waals surface area contributed by atoms with Gasteiger partial charge in [-0.25, -0.2) is 0 Å². The number of ketones is 1. The van der Waals surface area contributed by atoms with Gasteiger partial charge in [0.25, 0.3) is 0 Å². The minimum atomic E-state index is -0.959. The lowest BCUT2D eigenvalue weighted by atomic mass is 9.71. The topological polar surface area (TPSA) is 118 Å². The first-order valence-corrected chi connectivity index (χ1v) is 9.39. The number of rotatable bonds is 5. The lowest BCUT2D eigenvalue weighted by Crippen LogP contribution is -2.30. The summed E-state index contributed by atoms with van der Waals surface area (Å²) in [6, 6.07) is 8.85.